The van der Waals surface area contributed by atoms with E-state index < -0.39 is 242 Å². The Balaban J connectivity index is 0. The monoisotopic (exact) mass is 2500 g/mol. The maximum Gasteiger partial charge on any atom is 0.532 e. The molecule has 0 aromatic carbocycles. The second-order valence-electron chi connectivity index (χ2n) is 28.6. The van der Waals surface area contributed by atoms with Crippen LogP contribution in [0.1, 0.15) is 86.5 Å². The summed E-state index contributed by atoms with van der Waals surface area (Å²) >= 11 is 98.9. The number of carboxylic acid groups (broad SMARTS) is 1. The second-order valence-corrected chi connectivity index (χ2v) is 54.5. The van der Waals surface area contributed by atoms with E-state index in [1.54, 1.807) is 21.0 Å². The quantitative estimate of drug-likeness (QED) is 0.00744. The number of carbonyl (C=O) groups is 2. The Hall–Kier alpha value is 4.58. The van der Waals surface area contributed by atoms with Crippen LogP contribution in [-0.2, 0) is 124 Å². The summed E-state index contributed by atoms with van der Waals surface area (Å²) in [5.41, 5.74) is 0. The molecule has 23 atom stereocenters. The van der Waals surface area contributed by atoms with E-state index >= 15 is 0 Å². The molecule has 7 aliphatic rings. The molecule has 7 aliphatic heterocycles. The topological polar surface area (TPSA) is 541 Å². The molecule has 0 saturated carbocycles. The Bertz CT molecular complexity index is 3730. The number of phosphoric acid groups is 6. The molecular formula is C57H90B7Cl18F7N2O38P6S2. The van der Waals surface area contributed by atoms with Crippen LogP contribution >= 0.6 is 279 Å². The molecule has 0 amide bonds. The fourth-order valence-electron chi connectivity index (χ4n) is 10.3. The van der Waals surface area contributed by atoms with Gasteiger partial charge in [-0.3, -0.25) is 27.1 Å². The number of rotatable bonds is 32. The number of hydrogen-bond donors (Lipinski definition) is 11. The van der Waals surface area contributed by atoms with Crippen molar-refractivity contribution < 1.29 is 209 Å². The number of halogens is 25. The third kappa shape index (κ3) is 65.8. The van der Waals surface area contributed by atoms with Gasteiger partial charge in [-0.25, -0.2) is 46.0 Å². The van der Waals surface area contributed by atoms with Gasteiger partial charge in [-0.05, 0) is 80.8 Å². The summed E-state index contributed by atoms with van der Waals surface area (Å²) in [6.45, 7) is 5.91. The first-order valence-corrected chi connectivity index (χ1v) is 55.0. The molecule has 80 heteroatoms. The Morgan fingerprint density at radius 1 is 0.423 bits per heavy atom. The first kappa shape index (κ1) is 144. The van der Waals surface area contributed by atoms with Crippen molar-refractivity contribution in [3.05, 3.63) is 0 Å². The van der Waals surface area contributed by atoms with Crippen LogP contribution in [0.3, 0.4) is 0 Å². The van der Waals surface area contributed by atoms with Crippen LogP contribution in [0.2, 0.25) is 0 Å². The molecule has 7 rings (SSSR count). The second kappa shape index (κ2) is 63.0. The zero-order valence-electron chi connectivity index (χ0n) is 71.5. The highest BCUT2D eigenvalue weighted by molar-refractivity contribution is 8.18. The van der Waals surface area contributed by atoms with Crippen molar-refractivity contribution in [3.63, 3.8) is 0 Å². The normalized spacial score (nSPS) is 28.9. The van der Waals surface area contributed by atoms with Gasteiger partial charge in [0, 0.05) is 69.2 Å². The molecule has 137 heavy (non-hydrogen) atoms. The molecule has 7 heterocycles. The van der Waals surface area contributed by atoms with Crippen LogP contribution in [0.4, 0.5) is 29.2 Å². The zero-order chi connectivity index (χ0) is 108. The lowest BCUT2D eigenvalue weighted by Crippen LogP contribution is -2.42. The SMILES string of the molecule is CCN(CC)S(F)(F)F.CN(C)O.[B][C@H]1C[C@@H](C)[C@@H](C(=O)O)O1.[B][C@H]1C[C@@H](C)[C@@H](C(=O)OP(=O)(OCC(Cl)(Cl)Cl)OCC(Cl)(Cl)Cl)O1.[B][C@H]1C[C@@H](C)[C@@H](C(=S)OP(=O)(OCC(Cl)(Cl)Cl)OCC(Cl)(Cl)Cl)O1.[B][C@H]1C[C@@H](C)[C@@H](CO)O1.[B][C@H]1C[C@@H](O)[C@@H](C(F)(F)OP(=O)(O)OP(=O)(O)OP(=O)(O)O)O1.[B][C@H]1C[C@@H](O)[C@@H](C(F)(F)OP(=O)(OCC(Cl)(Cl)Cl)OCC(Cl)(Cl)Cl)O1.[B][C@H]1C[C@@H](O)[C@@H](CO)O1. The minimum Gasteiger partial charge on any atom is -0.479 e. The predicted molar refractivity (Wildman–Crippen MR) is 505 cm³/mol. The minimum absolute atomic E-state index is 0.0278. The summed E-state index contributed by atoms with van der Waals surface area (Å²) in [5.74, 6) is -1.84. The molecule has 2 unspecified atom stereocenters. The Labute approximate surface area is 889 Å². The Kier molecular flexibility index (Phi) is 66.0. The van der Waals surface area contributed by atoms with Gasteiger partial charge in [0.05, 0.1) is 37.6 Å². The van der Waals surface area contributed by atoms with E-state index in [4.69, 9.17) is 372 Å². The number of ether oxygens (including phenoxy) is 7. The van der Waals surface area contributed by atoms with Crippen molar-refractivity contribution in [1.29, 1.82) is 0 Å². The molecule has 0 bridgehead atoms. The Morgan fingerprint density at radius 2 is 0.701 bits per heavy atom. The van der Waals surface area contributed by atoms with Gasteiger partial charge >= 0.3 is 71.1 Å². The van der Waals surface area contributed by atoms with Crippen LogP contribution in [-0.4, -0.2) is 355 Å². The minimum atomic E-state index is -6.08. The van der Waals surface area contributed by atoms with Crippen LogP contribution < -0.4 is 0 Å². The predicted octanol–water partition coefficient (Wildman–Crippen LogP) is 14.3. The van der Waals surface area contributed by atoms with E-state index in [1.165, 1.54) is 13.8 Å². The van der Waals surface area contributed by atoms with Crippen molar-refractivity contribution in [3.8, 4) is 0 Å². The molecule has 14 radical (unpaired) electrons. The number of aliphatic hydroxyl groups excluding tert-OH is 5. The van der Waals surface area contributed by atoms with Gasteiger partial charge in [-0.1, -0.05) is 250 Å². The van der Waals surface area contributed by atoms with Gasteiger partial charge in [0.15, 0.2) is 24.4 Å². The van der Waals surface area contributed by atoms with E-state index in [0.717, 1.165) is 11.5 Å². The first-order valence-electron chi connectivity index (χ1n) is 37.6. The van der Waals surface area contributed by atoms with Crippen molar-refractivity contribution in [2.24, 2.45) is 23.7 Å². The van der Waals surface area contributed by atoms with Gasteiger partial charge in [-0.15, -0.1) is 11.7 Å². The lowest BCUT2D eigenvalue weighted by atomic mass is 9.92. The number of aliphatic hydroxyl groups is 5. The average Bonchev–Trinajstić information content (AvgIpc) is 1.74. The number of alkyl halides is 22. The average molecular weight is 2510 g/mol. The third-order valence-electron chi connectivity index (χ3n) is 15.8. The largest absolute Gasteiger partial charge is 0.532 e. The zero-order valence-corrected chi connectivity index (χ0v) is 92.1. The molecule has 0 spiro atoms. The number of hydrogen-bond acceptors (Lipinski definition) is 36. The Morgan fingerprint density at radius 3 is 0.927 bits per heavy atom. The highest BCUT2D eigenvalue weighted by Crippen LogP contribution is 2.68. The molecule has 40 nitrogen and oxygen atoms in total. The first-order chi connectivity index (χ1) is 61.3. The number of aliphatic carboxylic acids is 1. The maximum atomic E-state index is 14.2. The van der Waals surface area contributed by atoms with Gasteiger partial charge in [0.2, 0.25) is 27.8 Å². The van der Waals surface area contributed by atoms with Crippen LogP contribution in [0, 0.1) is 23.7 Å². The molecule has 0 aliphatic carbocycles. The summed E-state index contributed by atoms with van der Waals surface area (Å²) < 4.78 is 237. The van der Waals surface area contributed by atoms with E-state index in [0.29, 0.717) is 35.9 Å². The lowest BCUT2D eigenvalue weighted by molar-refractivity contribution is -0.266. The van der Waals surface area contributed by atoms with E-state index in [2.05, 4.69) is 36.2 Å². The van der Waals surface area contributed by atoms with E-state index in [-0.39, 0.29) is 67.6 Å². The molecule has 7 fully saturated rings. The van der Waals surface area contributed by atoms with Crippen molar-refractivity contribution >= 4 is 351 Å². The van der Waals surface area contributed by atoms with Crippen molar-refractivity contribution in [2.45, 2.75) is 225 Å². The highest BCUT2D eigenvalue weighted by atomic mass is 35.6. The van der Waals surface area contributed by atoms with Gasteiger partial charge in [0.25, 0.3) is 11.4 Å². The third-order valence-corrected chi connectivity index (χ3v) is 27.1. The van der Waals surface area contributed by atoms with Crippen LogP contribution in [0.15, 0.2) is 0 Å². The summed E-state index contributed by atoms with van der Waals surface area (Å²) in [7, 11) is 9.23. The fourth-order valence-corrected chi connectivity index (χ4v) is 20.5. The number of thiocarbonyl (C=S) groups is 1. The maximum absolute atomic E-state index is 14.2. The van der Waals surface area contributed by atoms with E-state index in [1.807, 2.05) is 20.8 Å². The standard InChI is InChI=1S/C10H12BCl6O6P.C10H12BCl6O5PS.C9H10BCl6F2O6P.C6H9BO3.C6H11BO2.C5H10BF2O12P3.C5H9BO3.C4H10F3NS.C2H7NO/c1-5-2-6(11)22-7(5)8(18)23-24(19,20-3-9(12,13)14)21-4-10(15,16)17;1-5-2-6(11)21-7(5)8(24)22-23(18,19-3-9(12,13)14)20-4-10(15,16)17;10-5-1-4(19)6(23-5)9(17,18)24-25(20,21-2-7(11,12)13)22-3-8(14,15)16;1-3-2-4(7)10-5(3)6(8)9;1-4-2-6(7)9-5(4)3-8;6-3-1-2(9)4(17-3)5(7,8)18-22(13,14)20-23(15,16)19-21(10,11)12;6-5-1-3(8)4(2-7)9-5;1-3-8(4-2)9(5,6)7;1-3(2)4/h2*5-7H,2-4H2,1H3;4-6,19H,1-3H2;3-5H,2H2,1H3,(H,8,9);4-6,8H,2-3H2,1H3;2-4,9H,1H2,(H,13,14)(H,15,16)(H2,10,11,12);3-5,7-8H,1-2H2;3-4H2,1-2H3;4H,1-2H3/t2*5-,6-,7+;4-,5-,6+;3-,4-,5+;4-,5-,6-;2-,3-,4+;3-,4-,5-;;/m1111111../s1. The molecule has 0 aromatic rings. The fraction of sp³-hybridized carbons (Fsp3) is 0.947. The van der Waals surface area contributed by atoms with Crippen molar-refractivity contribution in [1.82, 2.24) is 9.37 Å². The smallest absolute Gasteiger partial charge is 0.479 e. The number of carbonyl (C=O) groups excluding carboxylic acids is 1. The summed E-state index contributed by atoms with van der Waals surface area (Å²) in [6.07, 6.45) is -18.8. The van der Waals surface area contributed by atoms with Crippen molar-refractivity contribution in [2.75, 3.05) is 80.0 Å². The number of carboxylic acids is 1. The summed E-state index contributed by atoms with van der Waals surface area (Å²) in [6, 6.07) is -4.63. The molecule has 794 valence electrons. The highest BCUT2D eigenvalue weighted by Gasteiger charge is 2.59. The number of phosphoric ester groups is 4. The van der Waals surface area contributed by atoms with Gasteiger partial charge in [-0.2, -0.15) is 35.6 Å². The van der Waals surface area contributed by atoms with Crippen LogP contribution in [0.5, 0.6) is 0 Å². The number of nitrogens with zero attached hydrogens (tertiary/aromatic N) is 2. The molecule has 0 aromatic heterocycles. The van der Waals surface area contributed by atoms with Gasteiger partial charge in [0.1, 0.15) is 107 Å². The lowest BCUT2D eigenvalue weighted by Gasteiger charge is -2.29. The van der Waals surface area contributed by atoms with Crippen LogP contribution in [0.25, 0.3) is 0 Å². The molecule has 11 N–H and O–H groups in total. The molecular weight excluding hydrogens is 2420 g/mol. The van der Waals surface area contributed by atoms with Gasteiger partial charge < -0.3 is 97.6 Å². The van der Waals surface area contributed by atoms with E-state index in [9.17, 15) is 76.4 Å². The number of hydroxylamine groups is 2. The summed E-state index contributed by atoms with van der Waals surface area (Å²) in [5, 5.41) is 62.2. The molecule has 7 saturated heterocycles. The summed E-state index contributed by atoms with van der Waals surface area (Å²) in [4.78, 5) is 56.8.